The van der Waals surface area contributed by atoms with Gasteiger partial charge >= 0.3 is 0 Å². The van der Waals surface area contributed by atoms with Crippen LogP contribution in [0.1, 0.15) is 43.5 Å². The molecule has 2 heterocycles. The van der Waals surface area contributed by atoms with Crippen LogP contribution in [0, 0.1) is 11.8 Å². The molecular weight excluding hydrogens is 374 g/mol. The molecule has 0 radical (unpaired) electrons. The van der Waals surface area contributed by atoms with E-state index < -0.39 is 5.54 Å². The molecule has 1 aromatic rings. The predicted molar refractivity (Wildman–Crippen MR) is 109 cm³/mol. The van der Waals surface area contributed by atoms with Crippen LogP contribution in [-0.4, -0.2) is 58.0 Å². The number of nitrogens with zero attached hydrogens (tertiary/aromatic N) is 3. The first-order valence-corrected chi connectivity index (χ1v) is 10.3. The van der Waals surface area contributed by atoms with Gasteiger partial charge in [-0.2, -0.15) is 0 Å². The van der Waals surface area contributed by atoms with Gasteiger partial charge in [-0.15, -0.1) is 0 Å². The van der Waals surface area contributed by atoms with Crippen molar-refractivity contribution in [1.29, 1.82) is 0 Å². The molecule has 1 aliphatic carbocycles. The topological polar surface area (TPSA) is 87.2 Å². The van der Waals surface area contributed by atoms with Crippen LogP contribution in [0.15, 0.2) is 24.0 Å². The van der Waals surface area contributed by atoms with E-state index >= 15 is 0 Å². The Bertz CT molecular complexity index is 810. The van der Waals surface area contributed by atoms with E-state index in [1.807, 2.05) is 12.4 Å². The lowest BCUT2D eigenvalue weighted by atomic mass is 10.1. The predicted octanol–water partition coefficient (Wildman–Crippen LogP) is 1.24. The number of amides is 2. The number of nitrogens with one attached hydrogen (secondary N) is 2. The Morgan fingerprint density at radius 2 is 2.14 bits per heavy atom. The highest BCUT2D eigenvalue weighted by Crippen LogP contribution is 2.37. The molecule has 0 bridgehead atoms. The average molecular weight is 400 g/mol. The maximum atomic E-state index is 12.0. The Kier molecular flexibility index (Phi) is 6.83. The monoisotopic (exact) mass is 399 g/mol. The highest BCUT2D eigenvalue weighted by atomic mass is 32.2. The van der Waals surface area contributed by atoms with E-state index in [0.717, 1.165) is 36.5 Å². The third-order valence-electron chi connectivity index (χ3n) is 4.93. The number of hydrogen-bond acceptors (Lipinski definition) is 7. The van der Waals surface area contributed by atoms with Crippen LogP contribution >= 0.6 is 11.9 Å². The summed E-state index contributed by atoms with van der Waals surface area (Å²) < 4.78 is 2.20. The molecule has 8 heteroatoms. The van der Waals surface area contributed by atoms with Crippen molar-refractivity contribution in [2.24, 2.45) is 0 Å². The summed E-state index contributed by atoms with van der Waals surface area (Å²) in [5, 5.41) is 5.22. The molecule has 0 unspecified atom stereocenters. The van der Waals surface area contributed by atoms with Crippen LogP contribution < -0.4 is 10.6 Å². The van der Waals surface area contributed by atoms with Gasteiger partial charge in [0.05, 0.1) is 5.56 Å². The van der Waals surface area contributed by atoms with Gasteiger partial charge in [0, 0.05) is 42.7 Å². The first-order valence-electron chi connectivity index (χ1n) is 9.38. The molecule has 1 atom stereocenters. The minimum Gasteiger partial charge on any atom is -0.306 e. The molecule has 1 aromatic heterocycles. The summed E-state index contributed by atoms with van der Waals surface area (Å²) in [6.07, 6.45) is 9.40. The second-order valence-corrected chi connectivity index (χ2v) is 8.23. The Labute approximate surface area is 169 Å². The van der Waals surface area contributed by atoms with Crippen LogP contribution in [-0.2, 0) is 9.59 Å². The number of likely N-dealkylation sites (N-methyl/N-ethyl adjacent to an activating group) is 1. The zero-order valence-electron chi connectivity index (χ0n) is 16.2. The Balaban J connectivity index is 1.50. The van der Waals surface area contributed by atoms with E-state index in [1.54, 1.807) is 25.9 Å². The van der Waals surface area contributed by atoms with Gasteiger partial charge in [0.25, 0.3) is 0 Å². The molecule has 28 heavy (non-hydrogen) atoms. The second-order valence-electron chi connectivity index (χ2n) is 7.17. The van der Waals surface area contributed by atoms with E-state index in [1.165, 1.54) is 12.8 Å². The summed E-state index contributed by atoms with van der Waals surface area (Å²) in [4.78, 5) is 31.3. The molecule has 1 saturated carbocycles. The quantitative estimate of drug-likeness (QED) is 0.405. The van der Waals surface area contributed by atoms with Gasteiger partial charge in [-0.05, 0) is 33.2 Å². The third-order valence-corrected chi connectivity index (χ3v) is 6.34. The average Bonchev–Trinajstić information content (AvgIpc) is 3.57. The number of rotatable bonds is 7. The van der Waals surface area contributed by atoms with Crippen molar-refractivity contribution < 1.29 is 9.59 Å². The van der Waals surface area contributed by atoms with E-state index in [2.05, 4.69) is 42.8 Å². The van der Waals surface area contributed by atoms with Crippen LogP contribution in [0.25, 0.3) is 0 Å². The van der Waals surface area contributed by atoms with Crippen molar-refractivity contribution in [2.45, 2.75) is 37.6 Å². The molecule has 148 valence electrons. The molecular formula is C20H25N5O2S. The van der Waals surface area contributed by atoms with Gasteiger partial charge in [-0.1, -0.05) is 29.9 Å². The van der Waals surface area contributed by atoms with Crippen molar-refractivity contribution in [3.63, 3.8) is 0 Å². The van der Waals surface area contributed by atoms with Crippen molar-refractivity contribution in [1.82, 2.24) is 24.9 Å². The van der Waals surface area contributed by atoms with Gasteiger partial charge in [0.2, 0.25) is 12.3 Å². The number of carbonyl (C=O) groups excluding carboxylic acids is 2. The fourth-order valence-electron chi connectivity index (χ4n) is 2.67. The molecule has 2 amide bonds. The summed E-state index contributed by atoms with van der Waals surface area (Å²) in [5.74, 6) is 8.06. The maximum Gasteiger partial charge on any atom is 0.247 e. The maximum absolute atomic E-state index is 12.0. The van der Waals surface area contributed by atoms with E-state index in [0.29, 0.717) is 18.1 Å². The number of hydrogen-bond donors (Lipinski definition) is 2. The lowest BCUT2D eigenvalue weighted by Gasteiger charge is -2.30. The zero-order valence-corrected chi connectivity index (χ0v) is 17.0. The van der Waals surface area contributed by atoms with E-state index in [-0.39, 0.29) is 5.91 Å². The van der Waals surface area contributed by atoms with Crippen molar-refractivity contribution in [2.75, 3.05) is 25.9 Å². The molecule has 1 fully saturated rings. The molecule has 0 saturated heterocycles. The van der Waals surface area contributed by atoms with Crippen molar-refractivity contribution in [3.05, 3.63) is 35.4 Å². The smallest absolute Gasteiger partial charge is 0.247 e. The Hall–Kier alpha value is -2.21. The fraction of sp³-hybridized carbons (Fsp3) is 0.500. The highest BCUT2D eigenvalue weighted by molar-refractivity contribution is 7.97. The summed E-state index contributed by atoms with van der Waals surface area (Å²) >= 11 is 1.59. The van der Waals surface area contributed by atoms with Gasteiger partial charge in [-0.25, -0.2) is 14.3 Å². The number of imide groups is 1. The fourth-order valence-corrected chi connectivity index (χ4v) is 3.79. The van der Waals surface area contributed by atoms with Gasteiger partial charge < -0.3 is 5.32 Å². The van der Waals surface area contributed by atoms with Gasteiger partial charge in [-0.3, -0.25) is 14.9 Å². The summed E-state index contributed by atoms with van der Waals surface area (Å²) in [6, 6.07) is 0. The standard InChI is InChI=1S/C20H25N5O2S/c1-20(21-2,19(27)24-14-26)13-28-25-9-7-15(8-10-25)3-4-16-11-22-18(23-12-16)17-5-6-17/h7,11-12,14,17,21H,5-6,8-10,13H2,1-2H3,(H,24,26,27)/t20-/m1/s1. The summed E-state index contributed by atoms with van der Waals surface area (Å²) in [5.41, 5.74) is 1.15. The molecule has 7 nitrogen and oxygen atoms in total. The highest BCUT2D eigenvalue weighted by Gasteiger charge is 2.32. The van der Waals surface area contributed by atoms with Gasteiger partial charge in [0.15, 0.2) is 0 Å². The third kappa shape index (κ3) is 5.41. The largest absolute Gasteiger partial charge is 0.306 e. The second kappa shape index (κ2) is 9.32. The lowest BCUT2D eigenvalue weighted by molar-refractivity contribution is -0.129. The summed E-state index contributed by atoms with van der Waals surface area (Å²) in [7, 11) is 1.72. The minimum absolute atomic E-state index is 0.327. The van der Waals surface area contributed by atoms with Crippen LogP contribution in [0.3, 0.4) is 0 Å². The molecule has 2 aliphatic rings. The minimum atomic E-state index is -0.804. The lowest BCUT2D eigenvalue weighted by Crippen LogP contribution is -2.55. The van der Waals surface area contributed by atoms with E-state index in [4.69, 9.17) is 0 Å². The number of carbonyl (C=O) groups is 2. The first-order chi connectivity index (χ1) is 13.5. The molecule has 1 aliphatic heterocycles. The molecule has 0 aromatic carbocycles. The Morgan fingerprint density at radius 3 is 2.71 bits per heavy atom. The van der Waals surface area contributed by atoms with Crippen LogP contribution in [0.5, 0.6) is 0 Å². The Morgan fingerprint density at radius 1 is 1.39 bits per heavy atom. The SMILES string of the molecule is CN[C@](C)(CSN1CC=C(C#Cc2cnc(C3CC3)nc2)CC1)C(=O)NC=O. The molecule has 2 N–H and O–H groups in total. The van der Waals surface area contributed by atoms with Gasteiger partial charge in [0.1, 0.15) is 11.4 Å². The van der Waals surface area contributed by atoms with Crippen LogP contribution in [0.2, 0.25) is 0 Å². The normalized spacial score (nSPS) is 19.0. The number of aromatic nitrogens is 2. The van der Waals surface area contributed by atoms with E-state index in [9.17, 15) is 9.59 Å². The summed E-state index contributed by atoms with van der Waals surface area (Å²) in [6.45, 7) is 3.41. The first kappa shape index (κ1) is 20.5. The van der Waals surface area contributed by atoms with Crippen LogP contribution in [0.4, 0.5) is 0 Å². The zero-order chi connectivity index (χ0) is 20.0. The van der Waals surface area contributed by atoms with Crippen molar-refractivity contribution >= 4 is 24.3 Å². The molecule has 3 rings (SSSR count). The molecule has 0 spiro atoms. The van der Waals surface area contributed by atoms with Crippen molar-refractivity contribution in [3.8, 4) is 11.8 Å².